The molecule has 1 heterocycles. The Morgan fingerprint density at radius 3 is 2.59 bits per heavy atom. The molecule has 0 saturated heterocycles. The second-order valence-electron chi connectivity index (χ2n) is 7.18. The van der Waals surface area contributed by atoms with Crippen LogP contribution in [-0.2, 0) is 0 Å². The molecule has 8 heteroatoms. The number of aliphatic hydroxyl groups is 2. The summed E-state index contributed by atoms with van der Waals surface area (Å²) in [5.41, 5.74) is 8.80. The van der Waals surface area contributed by atoms with Crippen molar-refractivity contribution in [2.24, 2.45) is 0 Å². The molecule has 0 aliphatic carbocycles. The van der Waals surface area contributed by atoms with Gasteiger partial charge < -0.3 is 25.1 Å². The third-order valence-corrected chi connectivity index (χ3v) is 5.48. The Hall–Kier alpha value is -3.03. The van der Waals surface area contributed by atoms with Gasteiger partial charge in [-0.05, 0) is 53.6 Å². The van der Waals surface area contributed by atoms with Crippen molar-refractivity contribution in [3.63, 3.8) is 0 Å². The minimum Gasteiger partial charge on any atom is -0.491 e. The topological polar surface area (TPSA) is 106 Å². The Bertz CT molecular complexity index is 1300. The van der Waals surface area contributed by atoms with Gasteiger partial charge in [0.15, 0.2) is 5.76 Å². The molecule has 0 unspecified atom stereocenters. The molecule has 4 N–H and O–H groups in total. The van der Waals surface area contributed by atoms with Crippen LogP contribution in [-0.4, -0.2) is 35.3 Å². The summed E-state index contributed by atoms with van der Waals surface area (Å²) in [6.07, 6.45) is -0.953. The Kier molecular flexibility index (Phi) is 6.39. The number of ether oxygens (including phenoxy) is 1. The molecule has 0 fully saturated rings. The van der Waals surface area contributed by atoms with Crippen molar-refractivity contribution in [1.82, 2.24) is 0 Å². The maximum Gasteiger partial charge on any atom is 0.231 e. The van der Waals surface area contributed by atoms with E-state index in [1.54, 1.807) is 30.3 Å². The summed E-state index contributed by atoms with van der Waals surface area (Å²) in [5, 5.41) is 19.6. The first-order chi connectivity index (χ1) is 15.4. The molecule has 4 rings (SSSR count). The van der Waals surface area contributed by atoms with E-state index in [2.05, 4.69) is 0 Å². The summed E-state index contributed by atoms with van der Waals surface area (Å²) in [4.78, 5) is 13.0. The van der Waals surface area contributed by atoms with Crippen molar-refractivity contribution >= 4 is 45.6 Å². The van der Waals surface area contributed by atoms with Crippen molar-refractivity contribution in [1.29, 1.82) is 0 Å². The summed E-state index contributed by atoms with van der Waals surface area (Å²) in [6.45, 7) is -0.398. The molecule has 4 aromatic rings. The monoisotopic (exact) mass is 471 g/mol. The van der Waals surface area contributed by atoms with Gasteiger partial charge in [-0.2, -0.15) is 0 Å². The fraction of sp³-hybridized carbons (Fsp3) is 0.125. The zero-order valence-electron chi connectivity index (χ0n) is 16.7. The van der Waals surface area contributed by atoms with Crippen molar-refractivity contribution in [3.05, 3.63) is 82.0 Å². The third-order valence-electron chi connectivity index (χ3n) is 4.93. The second kappa shape index (κ2) is 9.22. The highest BCUT2D eigenvalue weighted by molar-refractivity contribution is 6.37. The number of aliphatic hydroxyl groups excluding tert-OH is 2. The van der Waals surface area contributed by atoms with Gasteiger partial charge in [-0.15, -0.1) is 0 Å². The fourth-order valence-corrected chi connectivity index (χ4v) is 3.77. The Morgan fingerprint density at radius 1 is 1.06 bits per heavy atom. The highest BCUT2D eigenvalue weighted by Gasteiger charge is 2.22. The maximum absolute atomic E-state index is 13.0. The van der Waals surface area contributed by atoms with Gasteiger partial charge >= 0.3 is 0 Å². The molecule has 32 heavy (non-hydrogen) atoms. The van der Waals surface area contributed by atoms with Crippen molar-refractivity contribution in [2.75, 3.05) is 18.9 Å². The Morgan fingerprint density at radius 2 is 1.84 bits per heavy atom. The highest BCUT2D eigenvalue weighted by Crippen LogP contribution is 2.35. The SMILES string of the molecule is Nc1c(C(=O)c2ccc(Cl)cc2Cl)oc2cc(-c3cccc(OC[C@@H](O)CO)c3)ccc12. The minimum atomic E-state index is -0.953. The maximum atomic E-state index is 13.0. The lowest BCUT2D eigenvalue weighted by Crippen LogP contribution is -2.21. The van der Waals surface area contributed by atoms with Crippen LogP contribution in [0, 0.1) is 0 Å². The lowest BCUT2D eigenvalue weighted by atomic mass is 10.0. The predicted octanol–water partition coefficient (Wildman–Crippen LogP) is 4.95. The first-order valence-corrected chi connectivity index (χ1v) is 10.5. The van der Waals surface area contributed by atoms with E-state index < -0.39 is 11.9 Å². The summed E-state index contributed by atoms with van der Waals surface area (Å²) >= 11 is 12.1. The number of hydrogen-bond donors (Lipinski definition) is 3. The first-order valence-electron chi connectivity index (χ1n) is 9.71. The smallest absolute Gasteiger partial charge is 0.231 e. The number of nitrogen functional groups attached to an aromatic ring is 1. The van der Waals surface area contributed by atoms with Gasteiger partial charge in [-0.1, -0.05) is 41.4 Å². The second-order valence-corrected chi connectivity index (χ2v) is 8.03. The van der Waals surface area contributed by atoms with E-state index in [4.69, 9.17) is 43.2 Å². The largest absolute Gasteiger partial charge is 0.491 e. The number of hydrogen-bond acceptors (Lipinski definition) is 6. The van der Waals surface area contributed by atoms with Crippen LogP contribution in [0.1, 0.15) is 16.1 Å². The average molecular weight is 472 g/mol. The van der Waals surface area contributed by atoms with E-state index in [0.29, 0.717) is 21.7 Å². The van der Waals surface area contributed by atoms with E-state index in [1.807, 2.05) is 18.2 Å². The minimum absolute atomic E-state index is 0.0106. The molecule has 1 aromatic heterocycles. The van der Waals surface area contributed by atoms with Gasteiger partial charge in [-0.3, -0.25) is 4.79 Å². The normalized spacial score (nSPS) is 12.1. The van der Waals surface area contributed by atoms with Crippen molar-refractivity contribution in [2.45, 2.75) is 6.10 Å². The lowest BCUT2D eigenvalue weighted by molar-refractivity contribution is 0.0536. The van der Waals surface area contributed by atoms with Crippen molar-refractivity contribution < 1.29 is 24.2 Å². The number of carbonyl (C=O) groups is 1. The third kappa shape index (κ3) is 4.45. The Labute approximate surface area is 193 Å². The number of carbonyl (C=O) groups excluding carboxylic acids is 1. The molecular weight excluding hydrogens is 453 g/mol. The zero-order chi connectivity index (χ0) is 22.8. The van der Waals surface area contributed by atoms with Crippen LogP contribution in [0.25, 0.3) is 22.1 Å². The van der Waals surface area contributed by atoms with Crippen LogP contribution in [0.2, 0.25) is 10.0 Å². The number of benzene rings is 3. The number of furan rings is 1. The molecule has 0 radical (unpaired) electrons. The van der Waals surface area contributed by atoms with E-state index in [9.17, 15) is 9.90 Å². The molecule has 6 nitrogen and oxygen atoms in total. The van der Waals surface area contributed by atoms with Gasteiger partial charge in [0, 0.05) is 16.0 Å². The fourth-order valence-electron chi connectivity index (χ4n) is 3.27. The zero-order valence-corrected chi connectivity index (χ0v) is 18.2. The standard InChI is InChI=1S/C24H19Cl2NO5/c25-15-5-7-18(20(26)10-15)23(30)24-22(27)19-6-4-14(9-21(19)32-24)13-2-1-3-17(8-13)31-12-16(29)11-28/h1-10,16,28-29H,11-12,27H2/t16-/m0/s1. The molecule has 0 aliphatic heterocycles. The molecule has 3 aromatic carbocycles. The van der Waals surface area contributed by atoms with Crippen LogP contribution in [0.15, 0.2) is 65.1 Å². The number of ketones is 1. The predicted molar refractivity (Wildman–Crippen MR) is 125 cm³/mol. The molecular formula is C24H19Cl2NO5. The summed E-state index contributed by atoms with van der Waals surface area (Å²) < 4.78 is 11.3. The molecule has 0 saturated carbocycles. The van der Waals surface area contributed by atoms with E-state index in [1.165, 1.54) is 12.1 Å². The molecule has 0 aliphatic rings. The molecule has 1 atom stereocenters. The molecule has 0 spiro atoms. The number of fused-ring (bicyclic) bond motifs is 1. The lowest BCUT2D eigenvalue weighted by Gasteiger charge is -2.11. The number of anilines is 1. The first kappa shape index (κ1) is 22.2. The number of halogens is 2. The summed E-state index contributed by atoms with van der Waals surface area (Å²) in [5.74, 6) is 0.124. The summed E-state index contributed by atoms with van der Waals surface area (Å²) in [6, 6.07) is 17.3. The van der Waals surface area contributed by atoms with E-state index >= 15 is 0 Å². The van der Waals surface area contributed by atoms with Crippen LogP contribution in [0.5, 0.6) is 5.75 Å². The van der Waals surface area contributed by atoms with E-state index in [-0.39, 0.29) is 35.2 Å². The van der Waals surface area contributed by atoms with Gasteiger partial charge in [-0.25, -0.2) is 0 Å². The summed E-state index contributed by atoms with van der Waals surface area (Å²) in [7, 11) is 0. The Balaban J connectivity index is 1.66. The van der Waals surface area contributed by atoms with Crippen LogP contribution in [0.3, 0.4) is 0 Å². The number of rotatable bonds is 7. The van der Waals surface area contributed by atoms with Crippen molar-refractivity contribution in [3.8, 4) is 16.9 Å². The van der Waals surface area contributed by atoms with Gasteiger partial charge in [0.2, 0.25) is 5.78 Å². The quantitative estimate of drug-likeness (QED) is 0.329. The van der Waals surface area contributed by atoms with Gasteiger partial charge in [0.25, 0.3) is 0 Å². The molecule has 0 bridgehead atoms. The average Bonchev–Trinajstić information content (AvgIpc) is 3.13. The van der Waals surface area contributed by atoms with Crippen LogP contribution < -0.4 is 10.5 Å². The van der Waals surface area contributed by atoms with E-state index in [0.717, 1.165) is 11.1 Å². The van der Waals surface area contributed by atoms with Gasteiger partial charge in [0.1, 0.15) is 24.0 Å². The highest BCUT2D eigenvalue weighted by atomic mass is 35.5. The van der Waals surface area contributed by atoms with Crippen LogP contribution in [0.4, 0.5) is 5.69 Å². The number of nitrogens with two attached hydrogens (primary N) is 1. The van der Waals surface area contributed by atoms with Crippen LogP contribution >= 0.6 is 23.2 Å². The molecule has 164 valence electrons. The molecule has 0 amide bonds. The van der Waals surface area contributed by atoms with Gasteiger partial charge in [0.05, 0.1) is 17.3 Å².